The Morgan fingerprint density at radius 1 is 1.36 bits per heavy atom. The lowest BCUT2D eigenvalue weighted by Gasteiger charge is -2.38. The molecule has 1 saturated heterocycles. The number of benzene rings is 1. The van der Waals surface area contributed by atoms with Crippen LogP contribution in [0.15, 0.2) is 36.7 Å². The Hall–Kier alpha value is -3.27. The van der Waals surface area contributed by atoms with Gasteiger partial charge in [-0.25, -0.2) is 0 Å². The van der Waals surface area contributed by atoms with Gasteiger partial charge in [-0.05, 0) is 31.5 Å². The summed E-state index contributed by atoms with van der Waals surface area (Å²) in [5, 5.41) is 16.4. The van der Waals surface area contributed by atoms with Crippen LogP contribution < -0.4 is 20.1 Å². The van der Waals surface area contributed by atoms with Crippen LogP contribution in [0.1, 0.15) is 41.7 Å². The first-order valence-corrected chi connectivity index (χ1v) is 12.3. The topological polar surface area (TPSA) is 118 Å². The quantitative estimate of drug-likeness (QED) is 0.338. The Kier molecular flexibility index (Phi) is 6.79. The Balaban J connectivity index is 1.63. The lowest BCUT2D eigenvalue weighted by Crippen LogP contribution is -2.45. The number of aromatic amines is 1. The van der Waals surface area contributed by atoms with Crippen LogP contribution in [0.5, 0.6) is 11.5 Å². The number of nitrogens with one attached hydrogen (secondary N) is 3. The number of ether oxygens (including phenoxy) is 3. The van der Waals surface area contributed by atoms with Gasteiger partial charge >= 0.3 is 0 Å². The molecule has 0 saturated carbocycles. The molecule has 1 aromatic carbocycles. The predicted molar refractivity (Wildman–Crippen MR) is 137 cm³/mol. The monoisotopic (exact) mass is 512 g/mol. The third-order valence-electron chi connectivity index (χ3n) is 6.75. The number of para-hydroxylation sites is 1. The van der Waals surface area contributed by atoms with E-state index in [1.54, 1.807) is 31.6 Å². The van der Waals surface area contributed by atoms with Crippen LogP contribution in [0.3, 0.4) is 0 Å². The number of rotatable bonds is 9. The van der Waals surface area contributed by atoms with Crippen molar-refractivity contribution < 1.29 is 24.1 Å². The molecule has 2 aliphatic rings. The summed E-state index contributed by atoms with van der Waals surface area (Å²) in [5.74, 6) is 0.737. The van der Waals surface area contributed by atoms with Crippen LogP contribution in [-0.2, 0) is 4.74 Å². The van der Waals surface area contributed by atoms with Crippen LogP contribution >= 0.6 is 11.6 Å². The predicted octanol–water partition coefficient (Wildman–Crippen LogP) is 4.25. The fourth-order valence-corrected chi connectivity index (χ4v) is 4.89. The molecular weight excluding hydrogens is 484 g/mol. The molecule has 0 spiro atoms. The van der Waals surface area contributed by atoms with Gasteiger partial charge in [0.2, 0.25) is 0 Å². The van der Waals surface area contributed by atoms with Gasteiger partial charge in [-0.3, -0.25) is 9.78 Å². The summed E-state index contributed by atoms with van der Waals surface area (Å²) in [7, 11) is 1.54. The van der Waals surface area contributed by atoms with E-state index in [2.05, 4.69) is 20.6 Å². The molecule has 4 N–H and O–H groups in total. The highest BCUT2D eigenvalue weighted by atomic mass is 35.5. The maximum absolute atomic E-state index is 13.1. The SMILES string of the molecule is COc1c(Cl)cccc1Nc1c(-c2ccncc2OC[C@]2(C)CCO2)[nH]c2c1C(=O)NC[C@@H]2CCO. The summed E-state index contributed by atoms with van der Waals surface area (Å²) in [6.07, 6.45) is 4.76. The van der Waals surface area contributed by atoms with Gasteiger partial charge in [-0.2, -0.15) is 0 Å². The molecule has 0 aliphatic carbocycles. The van der Waals surface area contributed by atoms with Crippen LogP contribution in [0, 0.1) is 0 Å². The minimum Gasteiger partial charge on any atom is -0.493 e. The molecule has 2 aromatic heterocycles. The number of hydrogen-bond acceptors (Lipinski definition) is 7. The number of amides is 1. The zero-order chi connectivity index (χ0) is 25.3. The number of hydrogen-bond donors (Lipinski definition) is 4. The summed E-state index contributed by atoms with van der Waals surface area (Å²) in [5.41, 5.74) is 3.48. The smallest absolute Gasteiger partial charge is 0.255 e. The fraction of sp³-hybridized carbons (Fsp3) is 0.385. The summed E-state index contributed by atoms with van der Waals surface area (Å²) < 4.78 is 17.4. The van der Waals surface area contributed by atoms with Crippen molar-refractivity contribution in [3.05, 3.63) is 52.9 Å². The van der Waals surface area contributed by atoms with E-state index in [0.717, 1.165) is 24.3 Å². The van der Waals surface area contributed by atoms with E-state index in [1.807, 2.05) is 19.1 Å². The molecule has 10 heteroatoms. The average Bonchev–Trinajstić information content (AvgIpc) is 3.24. The van der Waals surface area contributed by atoms with Gasteiger partial charge in [0.25, 0.3) is 5.91 Å². The normalized spacial score (nSPS) is 20.8. The van der Waals surface area contributed by atoms with E-state index in [1.165, 1.54) is 0 Å². The van der Waals surface area contributed by atoms with E-state index in [0.29, 0.717) is 58.7 Å². The second-order valence-electron chi connectivity index (χ2n) is 9.24. The standard InChI is InChI=1S/C26H29ClN4O5/c1-26(8-11-36-26)14-35-19-13-28-9-6-16(19)22-23(30-18-5-3-4-17(27)24(18)34-2)20-21(31-22)15(7-10-32)12-29-25(20)33/h3-6,9,13,15,30-32H,7-8,10-12,14H2,1-2H3,(H,29,33)/t15-,26-/m0/s1. The van der Waals surface area contributed by atoms with Crippen molar-refractivity contribution in [1.29, 1.82) is 0 Å². The molecule has 190 valence electrons. The Bertz CT molecular complexity index is 1270. The number of halogens is 1. The zero-order valence-corrected chi connectivity index (χ0v) is 20.9. The first-order chi connectivity index (χ1) is 17.4. The molecule has 4 heterocycles. The van der Waals surface area contributed by atoms with Crippen LogP contribution in [0.25, 0.3) is 11.3 Å². The van der Waals surface area contributed by atoms with Crippen LogP contribution in [-0.4, -0.2) is 60.1 Å². The molecule has 3 aromatic rings. The van der Waals surface area contributed by atoms with Crippen molar-refractivity contribution in [3.63, 3.8) is 0 Å². The molecule has 5 rings (SSSR count). The van der Waals surface area contributed by atoms with Crippen molar-refractivity contribution in [2.45, 2.75) is 31.3 Å². The molecule has 9 nitrogen and oxygen atoms in total. The van der Waals surface area contributed by atoms with Gasteiger partial charge in [0.1, 0.15) is 18.0 Å². The van der Waals surface area contributed by atoms with Crippen LogP contribution in [0.2, 0.25) is 5.02 Å². The van der Waals surface area contributed by atoms with Gasteiger partial charge in [-0.15, -0.1) is 0 Å². The molecule has 0 bridgehead atoms. The molecule has 0 radical (unpaired) electrons. The van der Waals surface area contributed by atoms with Crippen molar-refractivity contribution in [2.24, 2.45) is 0 Å². The number of aliphatic hydroxyl groups excluding tert-OH is 1. The van der Waals surface area contributed by atoms with Crippen molar-refractivity contribution in [3.8, 4) is 22.8 Å². The Morgan fingerprint density at radius 2 is 2.19 bits per heavy atom. The van der Waals surface area contributed by atoms with E-state index in [-0.39, 0.29) is 24.0 Å². The van der Waals surface area contributed by atoms with Crippen molar-refractivity contribution in [1.82, 2.24) is 15.3 Å². The number of nitrogens with zero attached hydrogens (tertiary/aromatic N) is 1. The van der Waals surface area contributed by atoms with Gasteiger partial charge in [0, 0.05) is 42.9 Å². The summed E-state index contributed by atoms with van der Waals surface area (Å²) in [6, 6.07) is 7.22. The number of H-pyrrole nitrogens is 1. The second kappa shape index (κ2) is 10.0. The molecule has 1 fully saturated rings. The second-order valence-corrected chi connectivity index (χ2v) is 9.64. The van der Waals surface area contributed by atoms with Crippen molar-refractivity contribution in [2.75, 3.05) is 38.8 Å². The van der Waals surface area contributed by atoms with Crippen LogP contribution in [0.4, 0.5) is 11.4 Å². The number of carbonyl (C=O) groups excluding carboxylic acids is 1. The van der Waals surface area contributed by atoms with E-state index in [9.17, 15) is 9.90 Å². The van der Waals surface area contributed by atoms with Gasteiger partial charge < -0.3 is 34.9 Å². The molecule has 0 unspecified atom stereocenters. The number of methoxy groups -OCH3 is 1. The molecule has 1 amide bonds. The maximum Gasteiger partial charge on any atom is 0.255 e. The number of aliphatic hydroxyl groups is 1. The minimum absolute atomic E-state index is 0.00140. The highest BCUT2D eigenvalue weighted by Crippen LogP contribution is 2.45. The molecule has 36 heavy (non-hydrogen) atoms. The minimum atomic E-state index is -0.330. The maximum atomic E-state index is 13.1. The summed E-state index contributed by atoms with van der Waals surface area (Å²) in [4.78, 5) is 20.9. The van der Waals surface area contributed by atoms with Gasteiger partial charge in [-0.1, -0.05) is 17.7 Å². The largest absolute Gasteiger partial charge is 0.493 e. The van der Waals surface area contributed by atoms with E-state index in [4.69, 9.17) is 25.8 Å². The number of aromatic nitrogens is 2. The number of anilines is 2. The molecular formula is C26H29ClN4O5. The highest BCUT2D eigenvalue weighted by Gasteiger charge is 2.36. The first kappa shape index (κ1) is 24.4. The first-order valence-electron chi connectivity index (χ1n) is 11.9. The average molecular weight is 513 g/mol. The Labute approximate surface area is 214 Å². The van der Waals surface area contributed by atoms with E-state index >= 15 is 0 Å². The number of fused-ring (bicyclic) bond motifs is 1. The van der Waals surface area contributed by atoms with Gasteiger partial charge in [0.15, 0.2) is 5.75 Å². The lowest BCUT2D eigenvalue weighted by atomic mass is 9.94. The van der Waals surface area contributed by atoms with E-state index < -0.39 is 0 Å². The number of pyridine rings is 1. The fourth-order valence-electron chi connectivity index (χ4n) is 4.64. The Morgan fingerprint density at radius 3 is 2.92 bits per heavy atom. The third kappa shape index (κ3) is 4.50. The summed E-state index contributed by atoms with van der Waals surface area (Å²) >= 11 is 6.37. The lowest BCUT2D eigenvalue weighted by molar-refractivity contribution is -0.152. The third-order valence-corrected chi connectivity index (χ3v) is 7.05. The van der Waals surface area contributed by atoms with Gasteiger partial charge in [0.05, 0.1) is 47.6 Å². The van der Waals surface area contributed by atoms with Crippen molar-refractivity contribution >= 4 is 28.9 Å². The zero-order valence-electron chi connectivity index (χ0n) is 20.2. The molecule has 2 atom stereocenters. The highest BCUT2D eigenvalue weighted by molar-refractivity contribution is 6.32. The summed E-state index contributed by atoms with van der Waals surface area (Å²) in [6.45, 7) is 3.55. The number of carbonyl (C=O) groups is 1. The molecule has 2 aliphatic heterocycles.